The zero-order valence-electron chi connectivity index (χ0n) is 35.5. The van der Waals surface area contributed by atoms with Crippen molar-refractivity contribution in [1.82, 2.24) is 4.90 Å². The molecule has 0 aromatic heterocycles. The van der Waals surface area contributed by atoms with E-state index in [1.165, 1.54) is 12.1 Å². The molecule has 1 fully saturated rings. The zero-order valence-corrected chi connectivity index (χ0v) is 35.5. The van der Waals surface area contributed by atoms with Crippen molar-refractivity contribution in [2.24, 2.45) is 22.9 Å². The number of rotatable bonds is 20. The van der Waals surface area contributed by atoms with E-state index in [0.29, 0.717) is 42.4 Å². The summed E-state index contributed by atoms with van der Waals surface area (Å²) >= 11 is 0. The summed E-state index contributed by atoms with van der Waals surface area (Å²) in [5.74, 6) is -0.993. The Labute approximate surface area is 362 Å². The van der Waals surface area contributed by atoms with Gasteiger partial charge in [0, 0.05) is 37.2 Å². The Morgan fingerprint density at radius 2 is 1.73 bits per heavy atom. The summed E-state index contributed by atoms with van der Waals surface area (Å²) in [7, 11) is 0. The molecule has 0 spiro atoms. The number of oxime groups is 1. The monoisotopic (exact) mass is 847 g/mol. The van der Waals surface area contributed by atoms with E-state index < -0.39 is 28.8 Å². The van der Waals surface area contributed by atoms with Crippen molar-refractivity contribution >= 4 is 28.3 Å². The first kappa shape index (κ1) is 44.3. The molecule has 4 aromatic carbocycles. The first-order valence-corrected chi connectivity index (χ1v) is 21.8. The number of non-ortho nitro benzene ring substituents is 1. The molecule has 13 heteroatoms. The van der Waals surface area contributed by atoms with Crippen molar-refractivity contribution in [3.8, 4) is 17.2 Å². The number of amides is 1. The molecule has 1 saturated carbocycles. The smallest absolute Gasteiger partial charge is 0.410 e. The number of benzene rings is 4. The van der Waals surface area contributed by atoms with Crippen LogP contribution in [0.2, 0.25) is 0 Å². The van der Waals surface area contributed by atoms with Gasteiger partial charge in [-0.2, -0.15) is 0 Å². The number of unbranched alkanes of at least 4 members (excludes halogenated alkanes) is 2. The number of allylic oxidation sites excluding steroid dienone is 1. The van der Waals surface area contributed by atoms with Crippen molar-refractivity contribution in [1.29, 1.82) is 0 Å². The third-order valence-electron chi connectivity index (χ3n) is 12.3. The summed E-state index contributed by atoms with van der Waals surface area (Å²) in [6.07, 6.45) is 8.02. The maximum Gasteiger partial charge on any atom is 0.410 e. The Hall–Kier alpha value is -5.76. The second kappa shape index (κ2) is 20.4. The van der Waals surface area contributed by atoms with Gasteiger partial charge in [-0.05, 0) is 97.5 Å². The number of ether oxygens (including phenoxy) is 4. The molecule has 2 N–H and O–H groups in total. The number of carbonyl (C=O) groups excluding carboxylic acids is 1. The predicted molar refractivity (Wildman–Crippen MR) is 236 cm³/mol. The van der Waals surface area contributed by atoms with Crippen LogP contribution in [0.25, 0.3) is 10.8 Å². The minimum atomic E-state index is -1.49. The van der Waals surface area contributed by atoms with E-state index in [-0.39, 0.29) is 62.8 Å². The number of aliphatic hydroxyl groups excluding tert-OH is 2. The zero-order chi connectivity index (χ0) is 43.6. The van der Waals surface area contributed by atoms with Crippen LogP contribution in [0, 0.1) is 27.9 Å². The van der Waals surface area contributed by atoms with Gasteiger partial charge in [0.25, 0.3) is 5.69 Å². The second-order valence-electron chi connectivity index (χ2n) is 16.0. The molecule has 13 nitrogen and oxygen atoms in total. The Kier molecular flexibility index (Phi) is 14.6. The Morgan fingerprint density at radius 3 is 2.48 bits per heavy atom. The molecule has 62 heavy (non-hydrogen) atoms. The lowest BCUT2D eigenvalue weighted by molar-refractivity contribution is -0.384. The van der Waals surface area contributed by atoms with Gasteiger partial charge in [0.15, 0.2) is 0 Å². The highest BCUT2D eigenvalue weighted by atomic mass is 16.7. The highest BCUT2D eigenvalue weighted by Crippen LogP contribution is 2.62. The van der Waals surface area contributed by atoms with E-state index in [0.717, 1.165) is 53.2 Å². The van der Waals surface area contributed by atoms with E-state index in [2.05, 4.69) is 12.7 Å². The molecule has 3 aliphatic rings. The molecule has 0 radical (unpaired) electrons. The Balaban J connectivity index is 1.46. The van der Waals surface area contributed by atoms with Crippen LogP contribution in [0.15, 0.2) is 114 Å². The van der Waals surface area contributed by atoms with E-state index in [1.54, 1.807) is 36.1 Å². The maximum atomic E-state index is 14.6. The summed E-state index contributed by atoms with van der Waals surface area (Å²) < 4.78 is 26.7. The normalized spacial score (nSPS) is 23.1. The fourth-order valence-corrected chi connectivity index (χ4v) is 9.77. The summed E-state index contributed by atoms with van der Waals surface area (Å²) in [5, 5.41) is 38.3. The number of aliphatic hydroxyl groups is 2. The fraction of sp³-hybridized carbons (Fsp3) is 0.429. The van der Waals surface area contributed by atoms with Gasteiger partial charge >= 0.3 is 6.09 Å². The van der Waals surface area contributed by atoms with Crippen LogP contribution in [0.4, 0.5) is 10.5 Å². The second-order valence-corrected chi connectivity index (χ2v) is 16.0. The molecule has 6 atom stereocenters. The van der Waals surface area contributed by atoms with Crippen molar-refractivity contribution in [2.75, 3.05) is 33.0 Å². The fourth-order valence-electron chi connectivity index (χ4n) is 9.77. The molecule has 4 aromatic rings. The largest absolute Gasteiger partial charge is 0.459 e. The van der Waals surface area contributed by atoms with E-state index in [4.69, 9.17) is 28.9 Å². The van der Waals surface area contributed by atoms with Crippen molar-refractivity contribution in [2.45, 2.75) is 83.1 Å². The summed E-state index contributed by atoms with van der Waals surface area (Å²) in [4.78, 5) is 33.4. The van der Waals surface area contributed by atoms with Gasteiger partial charge in [0.1, 0.15) is 29.9 Å². The van der Waals surface area contributed by atoms with Gasteiger partial charge in [-0.15, -0.1) is 6.58 Å². The number of nitrogens with zero attached hydrogens (tertiary/aromatic N) is 3. The predicted octanol–water partition coefficient (Wildman–Crippen LogP) is 9.85. The quantitative estimate of drug-likeness (QED) is 0.0379. The number of carbonyl (C=O) groups is 1. The first-order valence-electron chi connectivity index (χ1n) is 21.8. The molecule has 1 aliphatic heterocycles. The minimum absolute atomic E-state index is 0.0161. The van der Waals surface area contributed by atoms with Crippen molar-refractivity contribution < 1.29 is 43.7 Å². The van der Waals surface area contributed by atoms with Gasteiger partial charge in [0.05, 0.1) is 42.4 Å². The van der Waals surface area contributed by atoms with Gasteiger partial charge in [-0.1, -0.05) is 78.7 Å². The van der Waals surface area contributed by atoms with E-state index >= 15 is 0 Å². The lowest BCUT2D eigenvalue weighted by atomic mass is 9.55. The molecule has 2 aliphatic carbocycles. The SMILES string of the molecule is C=CCO[C@@]12Oc3ccc(Oc4cccc([N+](=O)[O-])c4)cc3[C@H]3[C@H](CCCCO)[C@@H](CCCCO)C=C(C(=NOCC)C[C@@H]1N(Cc1cccc4ccccc14)C(=O)OCC)[C@H]32. The average molecular weight is 848 g/mol. The van der Waals surface area contributed by atoms with Crippen LogP contribution in [0.3, 0.4) is 0 Å². The summed E-state index contributed by atoms with van der Waals surface area (Å²) in [6, 6.07) is 25.0. The third kappa shape index (κ3) is 9.20. The van der Waals surface area contributed by atoms with Gasteiger partial charge < -0.3 is 34.0 Å². The molecule has 0 unspecified atom stereocenters. The van der Waals surface area contributed by atoms with Crippen LogP contribution in [0.1, 0.15) is 75.8 Å². The van der Waals surface area contributed by atoms with Crippen molar-refractivity contribution in [3.63, 3.8) is 0 Å². The average Bonchev–Trinajstić information content (AvgIpc) is 3.28. The van der Waals surface area contributed by atoms with Crippen LogP contribution in [0.5, 0.6) is 17.2 Å². The molecule has 7 rings (SSSR count). The molecular formula is C49H57N3O10. The summed E-state index contributed by atoms with van der Waals surface area (Å²) in [5.41, 5.74) is 3.27. The van der Waals surface area contributed by atoms with Crippen LogP contribution in [-0.2, 0) is 20.9 Å². The van der Waals surface area contributed by atoms with Crippen LogP contribution < -0.4 is 9.47 Å². The van der Waals surface area contributed by atoms with Gasteiger partial charge in [-0.3, -0.25) is 15.0 Å². The standard InChI is InChI=1S/C49H57N3O10/c1-4-27-59-49-45(51(48(55)58-5-2)32-35-18-13-17-33-15-7-8-21-39(33)35)31-43(50-60-6-3)41-28-34(16-9-11-25-53)40(22-10-12-26-54)46(47(41)49)42-30-38(23-24-44(42)62-49)61-37-20-14-19-36(29-37)52(56)57/h4,7-8,13-15,17-21,23-24,28-30,34,40,45-47,53-54H,1,5-6,9-12,16,22,25-27,31-32H2,2-3H3/t34-,40+,45-,46+,47+,49+/m0/s1. The van der Waals surface area contributed by atoms with E-state index in [9.17, 15) is 25.1 Å². The number of fused-ring (bicyclic) bond motifs is 3. The Bertz CT molecular complexity index is 2270. The molecule has 0 saturated heterocycles. The molecule has 1 amide bonds. The number of nitro benzene ring substituents is 1. The lowest BCUT2D eigenvalue weighted by Crippen LogP contribution is -2.70. The van der Waals surface area contributed by atoms with Crippen LogP contribution in [-0.4, -0.2) is 76.7 Å². The highest BCUT2D eigenvalue weighted by Gasteiger charge is 2.65. The van der Waals surface area contributed by atoms with Crippen molar-refractivity contribution in [3.05, 3.63) is 130 Å². The Morgan fingerprint density at radius 1 is 0.968 bits per heavy atom. The number of nitro groups is 1. The highest BCUT2D eigenvalue weighted by molar-refractivity contribution is 6.03. The number of hydrogen-bond acceptors (Lipinski definition) is 11. The third-order valence-corrected chi connectivity index (χ3v) is 12.3. The topological polar surface area (TPSA) is 162 Å². The molecular weight excluding hydrogens is 791 g/mol. The molecule has 1 heterocycles. The first-order chi connectivity index (χ1) is 30.3. The number of hydrogen-bond donors (Lipinski definition) is 2. The van der Waals surface area contributed by atoms with E-state index in [1.807, 2.05) is 61.5 Å². The molecule has 328 valence electrons. The lowest BCUT2D eigenvalue weighted by Gasteiger charge is -2.59. The minimum Gasteiger partial charge on any atom is -0.459 e. The summed E-state index contributed by atoms with van der Waals surface area (Å²) in [6.45, 7) is 8.59. The van der Waals surface area contributed by atoms with Gasteiger partial charge in [0.2, 0.25) is 5.79 Å². The molecule has 0 bridgehead atoms. The van der Waals surface area contributed by atoms with Gasteiger partial charge in [-0.25, -0.2) is 4.79 Å². The van der Waals surface area contributed by atoms with Crippen LogP contribution >= 0.6 is 0 Å². The maximum absolute atomic E-state index is 14.6.